The van der Waals surface area contributed by atoms with Gasteiger partial charge < -0.3 is 4.74 Å². The molecule has 0 bridgehead atoms. The zero-order valence-electron chi connectivity index (χ0n) is 17.8. The second-order valence-corrected chi connectivity index (χ2v) is 7.97. The highest BCUT2D eigenvalue weighted by molar-refractivity contribution is 7.07. The van der Waals surface area contributed by atoms with Crippen LogP contribution in [0.5, 0.6) is 0 Å². The molecule has 6 heteroatoms. The van der Waals surface area contributed by atoms with Gasteiger partial charge in [0.25, 0.3) is 0 Å². The van der Waals surface area contributed by atoms with Crippen molar-refractivity contribution in [3.05, 3.63) is 112 Å². The van der Waals surface area contributed by atoms with Crippen LogP contribution in [-0.4, -0.2) is 31.2 Å². The van der Waals surface area contributed by atoms with Gasteiger partial charge in [0.15, 0.2) is 0 Å². The summed E-state index contributed by atoms with van der Waals surface area (Å²) >= 11 is 1.43. The van der Waals surface area contributed by atoms with Gasteiger partial charge in [-0.05, 0) is 23.3 Å². The molecule has 0 saturated carbocycles. The molecule has 0 aliphatic heterocycles. The summed E-state index contributed by atoms with van der Waals surface area (Å²) < 4.78 is 21.4. The molecule has 0 amide bonds. The monoisotopic (exact) mass is 445 g/mol. The molecule has 0 fully saturated rings. The van der Waals surface area contributed by atoms with Gasteiger partial charge in [-0.3, -0.25) is 4.99 Å². The summed E-state index contributed by atoms with van der Waals surface area (Å²) in [7, 11) is 1.64. The van der Waals surface area contributed by atoms with Crippen LogP contribution in [0.3, 0.4) is 0 Å². The number of ether oxygens (including phenoxy) is 1. The molecule has 4 nitrogen and oxygen atoms in total. The maximum absolute atomic E-state index is 14.6. The fourth-order valence-electron chi connectivity index (χ4n) is 3.42. The minimum Gasteiger partial charge on any atom is -0.383 e. The van der Waals surface area contributed by atoms with Crippen LogP contribution in [0.15, 0.2) is 100 Å². The van der Waals surface area contributed by atoms with E-state index in [0.717, 1.165) is 11.1 Å². The minimum atomic E-state index is -0.291. The van der Waals surface area contributed by atoms with E-state index in [9.17, 15) is 4.39 Å². The third-order valence-corrected chi connectivity index (χ3v) is 5.88. The Morgan fingerprint density at radius 1 is 0.938 bits per heavy atom. The number of halogens is 1. The number of hydrogen-bond acceptors (Lipinski definition) is 4. The van der Waals surface area contributed by atoms with Crippen molar-refractivity contribution in [2.75, 3.05) is 20.3 Å². The quantitative estimate of drug-likeness (QED) is 0.258. The van der Waals surface area contributed by atoms with Gasteiger partial charge in [-0.2, -0.15) is 5.10 Å². The SMILES string of the molecule is COCCN=c1scc(-c2ccccc2F)n1N=CC(c1ccccc1)c1ccccc1. The number of rotatable bonds is 8. The van der Waals surface area contributed by atoms with E-state index in [1.165, 1.54) is 17.4 Å². The van der Waals surface area contributed by atoms with Crippen LogP contribution >= 0.6 is 11.3 Å². The fraction of sp³-hybridized carbons (Fsp3) is 0.154. The first-order valence-electron chi connectivity index (χ1n) is 10.4. The predicted molar refractivity (Wildman–Crippen MR) is 129 cm³/mol. The number of methoxy groups -OCH3 is 1. The van der Waals surface area contributed by atoms with Gasteiger partial charge in [-0.15, -0.1) is 11.3 Å². The second-order valence-electron chi connectivity index (χ2n) is 7.13. The molecule has 0 spiro atoms. The predicted octanol–water partition coefficient (Wildman–Crippen LogP) is 5.57. The van der Waals surface area contributed by atoms with Crippen molar-refractivity contribution in [2.45, 2.75) is 5.92 Å². The standard InChI is InChI=1S/C26H24FN3OS/c1-31-17-16-28-26-30(25(19-32-26)22-14-8-9-15-24(22)27)29-18-23(20-10-4-2-5-11-20)21-12-6-3-7-13-21/h2-15,18-19,23H,16-17H2,1H3. The minimum absolute atomic E-state index is 0.0508. The lowest BCUT2D eigenvalue weighted by atomic mass is 9.92. The molecule has 3 aromatic carbocycles. The Labute approximate surface area is 191 Å². The Bertz CT molecular complexity index is 1190. The summed E-state index contributed by atoms with van der Waals surface area (Å²) in [6, 6.07) is 27.2. The average Bonchev–Trinajstić information content (AvgIpc) is 3.23. The first-order valence-corrected chi connectivity index (χ1v) is 11.2. The first kappa shape index (κ1) is 21.9. The molecule has 0 aliphatic rings. The van der Waals surface area contributed by atoms with Gasteiger partial charge in [-0.1, -0.05) is 72.8 Å². The molecule has 4 aromatic rings. The van der Waals surface area contributed by atoms with E-state index in [1.54, 1.807) is 23.9 Å². The number of hydrogen-bond donors (Lipinski definition) is 0. The van der Waals surface area contributed by atoms with Crippen LogP contribution in [0, 0.1) is 5.82 Å². The second kappa shape index (κ2) is 10.8. The Kier molecular flexibility index (Phi) is 7.38. The third kappa shape index (κ3) is 5.10. The Hall–Kier alpha value is -3.35. The molecular weight excluding hydrogens is 421 g/mol. The van der Waals surface area contributed by atoms with E-state index in [4.69, 9.17) is 9.84 Å². The molecule has 4 rings (SSSR count). The van der Waals surface area contributed by atoms with Gasteiger partial charge in [-0.25, -0.2) is 9.07 Å². The molecule has 32 heavy (non-hydrogen) atoms. The van der Waals surface area contributed by atoms with Crippen LogP contribution in [-0.2, 0) is 4.74 Å². The number of benzene rings is 3. The molecule has 0 unspecified atom stereocenters. The lowest BCUT2D eigenvalue weighted by Gasteiger charge is -2.13. The molecule has 0 N–H and O–H groups in total. The summed E-state index contributed by atoms with van der Waals surface area (Å²) in [5.74, 6) is -0.342. The third-order valence-electron chi connectivity index (χ3n) is 5.03. The molecule has 1 aromatic heterocycles. The lowest BCUT2D eigenvalue weighted by molar-refractivity contribution is 0.207. The van der Waals surface area contributed by atoms with Crippen molar-refractivity contribution < 1.29 is 9.13 Å². The Morgan fingerprint density at radius 2 is 1.56 bits per heavy atom. The van der Waals surface area contributed by atoms with Crippen molar-refractivity contribution in [1.29, 1.82) is 0 Å². The summed E-state index contributed by atoms with van der Waals surface area (Å²) in [6.07, 6.45) is 1.90. The zero-order chi connectivity index (χ0) is 22.2. The maximum Gasteiger partial charge on any atom is 0.206 e. The normalized spacial score (nSPS) is 12.2. The first-order chi connectivity index (χ1) is 15.8. The van der Waals surface area contributed by atoms with Gasteiger partial charge in [0, 0.05) is 30.2 Å². The summed E-state index contributed by atoms with van der Waals surface area (Å²) in [4.78, 5) is 5.31. The van der Waals surface area contributed by atoms with Gasteiger partial charge in [0.2, 0.25) is 4.80 Å². The van der Waals surface area contributed by atoms with E-state index in [0.29, 0.717) is 29.2 Å². The van der Waals surface area contributed by atoms with E-state index >= 15 is 0 Å². The number of thiazole rings is 1. The van der Waals surface area contributed by atoms with Gasteiger partial charge in [0.05, 0.1) is 18.8 Å². The average molecular weight is 446 g/mol. The number of aromatic nitrogens is 1. The van der Waals surface area contributed by atoms with Crippen LogP contribution in [0.25, 0.3) is 11.3 Å². The van der Waals surface area contributed by atoms with Crippen LogP contribution in [0.1, 0.15) is 17.0 Å². The van der Waals surface area contributed by atoms with Crippen molar-refractivity contribution >= 4 is 17.6 Å². The highest BCUT2D eigenvalue weighted by Gasteiger charge is 2.14. The van der Waals surface area contributed by atoms with E-state index in [2.05, 4.69) is 29.3 Å². The molecule has 162 valence electrons. The van der Waals surface area contributed by atoms with E-state index in [-0.39, 0.29) is 11.7 Å². The van der Waals surface area contributed by atoms with Crippen molar-refractivity contribution in [1.82, 2.24) is 4.68 Å². The van der Waals surface area contributed by atoms with Crippen molar-refractivity contribution in [2.24, 2.45) is 10.1 Å². The van der Waals surface area contributed by atoms with E-state index in [1.807, 2.05) is 54.1 Å². The van der Waals surface area contributed by atoms with Crippen molar-refractivity contribution in [3.63, 3.8) is 0 Å². The van der Waals surface area contributed by atoms with E-state index < -0.39 is 0 Å². The zero-order valence-corrected chi connectivity index (χ0v) is 18.6. The Balaban J connectivity index is 1.81. The smallest absolute Gasteiger partial charge is 0.206 e. The Morgan fingerprint density at radius 3 is 2.19 bits per heavy atom. The molecular formula is C26H24FN3OS. The van der Waals surface area contributed by atoms with Gasteiger partial charge in [0.1, 0.15) is 5.82 Å². The molecule has 0 aliphatic carbocycles. The van der Waals surface area contributed by atoms with Crippen molar-refractivity contribution in [3.8, 4) is 11.3 Å². The largest absolute Gasteiger partial charge is 0.383 e. The van der Waals surface area contributed by atoms with Crippen LogP contribution in [0.2, 0.25) is 0 Å². The summed E-state index contributed by atoms with van der Waals surface area (Å²) in [5, 5.41) is 6.71. The molecule has 0 radical (unpaired) electrons. The lowest BCUT2D eigenvalue weighted by Crippen LogP contribution is -2.15. The summed E-state index contributed by atoms with van der Waals surface area (Å²) in [5.41, 5.74) is 3.41. The molecule has 0 atom stereocenters. The molecule has 0 saturated heterocycles. The van der Waals surface area contributed by atoms with Crippen LogP contribution in [0.4, 0.5) is 4.39 Å². The maximum atomic E-state index is 14.6. The highest BCUT2D eigenvalue weighted by atomic mass is 32.1. The topological polar surface area (TPSA) is 38.9 Å². The number of nitrogens with zero attached hydrogens (tertiary/aromatic N) is 3. The highest BCUT2D eigenvalue weighted by Crippen LogP contribution is 2.25. The fourth-order valence-corrected chi connectivity index (χ4v) is 4.28. The molecule has 1 heterocycles. The van der Waals surface area contributed by atoms with Gasteiger partial charge >= 0.3 is 0 Å². The summed E-state index contributed by atoms with van der Waals surface area (Å²) in [6.45, 7) is 1.01. The van der Waals surface area contributed by atoms with Crippen LogP contribution < -0.4 is 4.80 Å².